The van der Waals surface area contributed by atoms with Crippen LogP contribution in [0.2, 0.25) is 5.02 Å². The topological polar surface area (TPSA) is 12.0 Å². The highest BCUT2D eigenvalue weighted by atomic mass is 35.5. The number of halogens is 2. The van der Waals surface area contributed by atoms with Crippen LogP contribution in [0.5, 0.6) is 0 Å². The van der Waals surface area contributed by atoms with Crippen LogP contribution in [0.3, 0.4) is 0 Å². The largest absolute Gasteiger partial charge is 0.313 e. The molecule has 1 aromatic carbocycles. The van der Waals surface area contributed by atoms with Gasteiger partial charge in [-0.1, -0.05) is 24.6 Å². The van der Waals surface area contributed by atoms with E-state index in [1.54, 1.807) is 12.1 Å². The number of hydrogen-bond donors (Lipinski definition) is 1. The molecule has 1 N–H and O–H groups in total. The SMILES string of the molecule is CC(CNC1CC1)c1ccc(F)c(Cl)c1. The third kappa shape index (κ3) is 2.93. The first-order valence-electron chi connectivity index (χ1n) is 5.35. The first-order valence-corrected chi connectivity index (χ1v) is 5.73. The molecule has 0 amide bonds. The van der Waals surface area contributed by atoms with E-state index >= 15 is 0 Å². The van der Waals surface area contributed by atoms with E-state index < -0.39 is 0 Å². The summed E-state index contributed by atoms with van der Waals surface area (Å²) in [5.41, 5.74) is 1.09. The van der Waals surface area contributed by atoms with E-state index in [0.717, 1.165) is 12.1 Å². The van der Waals surface area contributed by atoms with Crippen LogP contribution in [0.1, 0.15) is 31.2 Å². The summed E-state index contributed by atoms with van der Waals surface area (Å²) in [4.78, 5) is 0. The lowest BCUT2D eigenvalue weighted by Gasteiger charge is -2.13. The van der Waals surface area contributed by atoms with E-state index in [1.165, 1.54) is 18.9 Å². The highest BCUT2D eigenvalue weighted by Crippen LogP contribution is 2.23. The molecule has 0 saturated heterocycles. The lowest BCUT2D eigenvalue weighted by molar-refractivity contribution is 0.605. The van der Waals surface area contributed by atoms with Crippen molar-refractivity contribution in [3.8, 4) is 0 Å². The van der Waals surface area contributed by atoms with E-state index in [4.69, 9.17) is 11.6 Å². The van der Waals surface area contributed by atoms with Gasteiger partial charge in [0.15, 0.2) is 0 Å². The van der Waals surface area contributed by atoms with E-state index in [2.05, 4.69) is 12.2 Å². The van der Waals surface area contributed by atoms with Gasteiger partial charge in [0.1, 0.15) is 5.82 Å². The molecule has 1 atom stereocenters. The van der Waals surface area contributed by atoms with Crippen molar-refractivity contribution < 1.29 is 4.39 Å². The van der Waals surface area contributed by atoms with Gasteiger partial charge in [0.05, 0.1) is 5.02 Å². The van der Waals surface area contributed by atoms with Crippen LogP contribution in [0.4, 0.5) is 4.39 Å². The molecule has 1 fully saturated rings. The van der Waals surface area contributed by atoms with Gasteiger partial charge in [-0.2, -0.15) is 0 Å². The van der Waals surface area contributed by atoms with Crippen LogP contribution in [-0.2, 0) is 0 Å². The van der Waals surface area contributed by atoms with Crippen LogP contribution in [-0.4, -0.2) is 12.6 Å². The third-order valence-electron chi connectivity index (χ3n) is 2.80. The van der Waals surface area contributed by atoms with Gasteiger partial charge in [0, 0.05) is 12.6 Å². The molecule has 0 heterocycles. The van der Waals surface area contributed by atoms with Gasteiger partial charge >= 0.3 is 0 Å². The van der Waals surface area contributed by atoms with Crippen LogP contribution < -0.4 is 5.32 Å². The van der Waals surface area contributed by atoms with Crippen molar-refractivity contribution in [2.45, 2.75) is 31.7 Å². The van der Waals surface area contributed by atoms with Crippen molar-refractivity contribution in [2.24, 2.45) is 0 Å². The van der Waals surface area contributed by atoms with Crippen LogP contribution >= 0.6 is 11.6 Å². The van der Waals surface area contributed by atoms with Crippen molar-refractivity contribution in [1.82, 2.24) is 5.32 Å². The number of benzene rings is 1. The second-order valence-electron chi connectivity index (χ2n) is 4.26. The summed E-state index contributed by atoms with van der Waals surface area (Å²) < 4.78 is 12.9. The smallest absolute Gasteiger partial charge is 0.141 e. The molecular weight excluding hydrogens is 213 g/mol. The third-order valence-corrected chi connectivity index (χ3v) is 3.09. The van der Waals surface area contributed by atoms with Gasteiger partial charge in [0.2, 0.25) is 0 Å². The van der Waals surface area contributed by atoms with Crippen molar-refractivity contribution in [2.75, 3.05) is 6.54 Å². The Balaban J connectivity index is 1.97. The Labute approximate surface area is 94.6 Å². The fraction of sp³-hybridized carbons (Fsp3) is 0.500. The zero-order valence-electron chi connectivity index (χ0n) is 8.76. The number of rotatable bonds is 4. The lowest BCUT2D eigenvalue weighted by Crippen LogP contribution is -2.22. The summed E-state index contributed by atoms with van der Waals surface area (Å²) in [6.07, 6.45) is 2.58. The normalized spacial score (nSPS) is 17.8. The predicted octanol–water partition coefficient (Wildman–Crippen LogP) is 3.33. The molecule has 3 heteroatoms. The summed E-state index contributed by atoms with van der Waals surface area (Å²) in [5.74, 6) is 0.0338. The molecule has 0 spiro atoms. The fourth-order valence-electron chi connectivity index (χ4n) is 1.57. The van der Waals surface area contributed by atoms with E-state index in [0.29, 0.717) is 12.0 Å². The zero-order chi connectivity index (χ0) is 10.8. The Hall–Kier alpha value is -0.600. The summed E-state index contributed by atoms with van der Waals surface area (Å²) in [6.45, 7) is 3.06. The maximum Gasteiger partial charge on any atom is 0.141 e. The molecule has 1 aromatic rings. The highest BCUT2D eigenvalue weighted by Gasteiger charge is 2.21. The Morgan fingerprint density at radius 3 is 2.87 bits per heavy atom. The van der Waals surface area contributed by atoms with Gasteiger partial charge in [0.25, 0.3) is 0 Å². The second-order valence-corrected chi connectivity index (χ2v) is 4.66. The Morgan fingerprint density at radius 2 is 2.27 bits per heavy atom. The van der Waals surface area contributed by atoms with Gasteiger partial charge in [-0.15, -0.1) is 0 Å². The average Bonchev–Trinajstić information content (AvgIpc) is 3.02. The number of nitrogens with one attached hydrogen (secondary N) is 1. The van der Waals surface area contributed by atoms with Crippen molar-refractivity contribution >= 4 is 11.6 Å². The van der Waals surface area contributed by atoms with Gasteiger partial charge in [-0.3, -0.25) is 0 Å². The van der Waals surface area contributed by atoms with Crippen LogP contribution in [0, 0.1) is 5.82 Å². The standard InChI is InChI=1S/C12H15ClFN/c1-8(7-15-10-3-4-10)9-2-5-12(14)11(13)6-9/h2,5-6,8,10,15H,3-4,7H2,1H3. The second kappa shape index (κ2) is 4.50. The lowest BCUT2D eigenvalue weighted by atomic mass is 10.0. The number of hydrogen-bond acceptors (Lipinski definition) is 1. The fourth-order valence-corrected chi connectivity index (χ4v) is 1.76. The van der Waals surface area contributed by atoms with E-state index in [-0.39, 0.29) is 10.8 Å². The highest BCUT2D eigenvalue weighted by molar-refractivity contribution is 6.30. The Kier molecular flexibility index (Phi) is 3.27. The molecule has 1 unspecified atom stereocenters. The van der Waals surface area contributed by atoms with Crippen LogP contribution in [0.15, 0.2) is 18.2 Å². The zero-order valence-corrected chi connectivity index (χ0v) is 9.52. The van der Waals surface area contributed by atoms with Crippen LogP contribution in [0.25, 0.3) is 0 Å². The maximum absolute atomic E-state index is 12.9. The van der Waals surface area contributed by atoms with Crippen molar-refractivity contribution in [3.63, 3.8) is 0 Å². The van der Waals surface area contributed by atoms with Crippen molar-refractivity contribution in [3.05, 3.63) is 34.6 Å². The van der Waals surface area contributed by atoms with Gasteiger partial charge in [-0.25, -0.2) is 4.39 Å². The molecule has 82 valence electrons. The predicted molar refractivity (Wildman–Crippen MR) is 60.8 cm³/mol. The maximum atomic E-state index is 12.9. The molecule has 1 saturated carbocycles. The summed E-state index contributed by atoms with van der Waals surface area (Å²) in [7, 11) is 0. The van der Waals surface area contributed by atoms with Gasteiger partial charge < -0.3 is 5.32 Å². The molecule has 0 bridgehead atoms. The summed E-state index contributed by atoms with van der Waals surface area (Å²) in [6, 6.07) is 5.67. The molecule has 15 heavy (non-hydrogen) atoms. The molecule has 1 nitrogen and oxygen atoms in total. The molecule has 1 aliphatic rings. The molecule has 0 aromatic heterocycles. The molecule has 0 radical (unpaired) electrons. The first kappa shape index (κ1) is 10.9. The molecule has 1 aliphatic carbocycles. The summed E-state index contributed by atoms with van der Waals surface area (Å²) >= 11 is 5.74. The van der Waals surface area contributed by atoms with Gasteiger partial charge in [-0.05, 0) is 36.5 Å². The van der Waals surface area contributed by atoms with Crippen molar-refractivity contribution in [1.29, 1.82) is 0 Å². The quantitative estimate of drug-likeness (QED) is 0.832. The van der Waals surface area contributed by atoms with E-state index in [1.807, 2.05) is 0 Å². The minimum atomic E-state index is -0.345. The monoisotopic (exact) mass is 227 g/mol. The van der Waals surface area contributed by atoms with E-state index in [9.17, 15) is 4.39 Å². The Bertz CT molecular complexity index is 349. The molecule has 0 aliphatic heterocycles. The average molecular weight is 228 g/mol. The minimum absolute atomic E-state index is 0.214. The molecule has 2 rings (SSSR count). The Morgan fingerprint density at radius 1 is 1.53 bits per heavy atom. The summed E-state index contributed by atoms with van der Waals surface area (Å²) in [5, 5.41) is 3.67. The first-order chi connectivity index (χ1) is 7.16. The molecular formula is C12H15ClFN. The minimum Gasteiger partial charge on any atom is -0.313 e.